The third-order valence-corrected chi connectivity index (χ3v) is 25.6. The van der Waals surface area contributed by atoms with Gasteiger partial charge in [0.1, 0.15) is 63.4 Å². The Labute approximate surface area is 804 Å². The number of benzene rings is 8. The minimum absolute atomic E-state index is 0.00611. The Morgan fingerprint density at radius 3 is 0.957 bits per heavy atom. The minimum Gasteiger partial charge on any atom is -0.495 e. The summed E-state index contributed by atoms with van der Waals surface area (Å²) < 4.78 is 112. The number of para-hydroxylation sites is 2. The number of halogens is 6. The highest BCUT2D eigenvalue weighted by Crippen LogP contribution is 2.45. The quantitative estimate of drug-likeness (QED) is 0.0372. The fourth-order valence-electron chi connectivity index (χ4n) is 18.4. The second-order valence-electron chi connectivity index (χ2n) is 34.8. The van der Waals surface area contributed by atoms with Crippen LogP contribution in [0.15, 0.2) is 273 Å². The number of carbonyl (C=O) groups is 5. The van der Waals surface area contributed by atoms with E-state index in [0.717, 1.165) is 147 Å². The molecule has 0 saturated heterocycles. The van der Waals surface area contributed by atoms with Crippen molar-refractivity contribution in [1.82, 2.24) is 38.2 Å². The van der Waals surface area contributed by atoms with E-state index in [1.54, 1.807) is 154 Å². The van der Waals surface area contributed by atoms with Gasteiger partial charge in [0.2, 0.25) is 5.91 Å². The Bertz CT molecular complexity index is 6970. The number of hydrogen-bond donors (Lipinski definition) is 5. The van der Waals surface area contributed by atoms with Gasteiger partial charge in [-0.3, -0.25) is 24.0 Å². The van der Waals surface area contributed by atoms with Crippen LogP contribution < -0.4 is 36.1 Å². The van der Waals surface area contributed by atoms with Crippen LogP contribution in [-0.2, 0) is 4.79 Å². The maximum Gasteiger partial charge on any atom is 0.291 e. The Morgan fingerprint density at radius 1 is 0.331 bits per heavy atom. The SMILES string of the molecule is CC(=O)Nc1ccc(NC(=O)c2ccc(-c3c(-c4ccc(F)cc4)ncn3C3CCCCC3)o2)cc1.COc1ccc(C)cc1NC(=O)c1ccc(-c2c(-c3ccc(F)cc3)ncn2C2CCCCC2)o1.COc1ccccc1NC(=O)c1ccc(-c2c(-c3ccc(F)cc3)ncn2C2CCCCC2)o1.O=C(Nc1ccc(Cl)cc1F)c1ccc(-c2c(-c3ccc(F)cc3)ncn2C2CCCCC2)o1. The van der Waals surface area contributed by atoms with Gasteiger partial charge in [0.25, 0.3) is 23.6 Å². The predicted molar refractivity (Wildman–Crippen MR) is 524 cm³/mol. The van der Waals surface area contributed by atoms with E-state index >= 15 is 0 Å². The van der Waals surface area contributed by atoms with Crippen molar-refractivity contribution in [1.29, 1.82) is 0 Å². The summed E-state index contributed by atoms with van der Waals surface area (Å²) in [5.41, 5.74) is 12.4. The summed E-state index contributed by atoms with van der Waals surface area (Å²) in [6.07, 6.45) is 29.8. The van der Waals surface area contributed by atoms with E-state index in [0.29, 0.717) is 98.2 Å². The van der Waals surface area contributed by atoms with Gasteiger partial charge in [-0.25, -0.2) is 41.9 Å². The molecule has 8 heterocycles. The van der Waals surface area contributed by atoms with Gasteiger partial charge in [-0.15, -0.1) is 0 Å². The first-order valence-electron chi connectivity index (χ1n) is 46.7. The monoisotopic (exact) mass is 1900 g/mol. The molecule has 0 atom stereocenters. The fourth-order valence-corrected chi connectivity index (χ4v) is 18.6. The number of anilines is 5. The molecule has 5 N–H and O–H groups in total. The first-order chi connectivity index (χ1) is 67.6. The van der Waals surface area contributed by atoms with Crippen molar-refractivity contribution in [3.8, 4) is 102 Å². The van der Waals surface area contributed by atoms with Crippen LogP contribution in [0.2, 0.25) is 5.02 Å². The zero-order valence-electron chi connectivity index (χ0n) is 77.0. The normalized spacial score (nSPS) is 14.1. The van der Waals surface area contributed by atoms with E-state index < -0.39 is 11.7 Å². The van der Waals surface area contributed by atoms with Crippen LogP contribution in [0.25, 0.3) is 90.8 Å². The first-order valence-corrected chi connectivity index (χ1v) is 47.1. The standard InChI is InChI=1S/C28H27FN4O3.C28H28FN3O3.C27H26FN3O3.C26H22ClF2N3O2/c1-18(34)31-21-11-13-22(14-12-21)32-28(35)25-16-15-24(36-25)27-26(19-7-9-20(29)10-8-19)30-17-33(27)23-5-3-2-4-6-23;1-18-8-13-23(34-2)22(16-18)31-28(33)25-15-14-24(35-25)27-26(19-9-11-20(29)12-10-19)30-17-32(27)21-6-4-3-5-7-21;1-33-22-10-6-5-9-21(22)30-27(32)24-16-15-23(34-24)26-25(18-11-13-19(28)14-12-18)29-17-31(26)20-7-3-2-4-8-20;27-17-8-11-21(20(29)14-17)31-26(33)23-13-12-22(34-23)25-24(16-6-9-18(28)10-7-16)30-15-32(25)19-4-2-1-3-5-19/h7-17,23H,2-6H2,1H3,(H,31,34)(H,32,35);8-17,21H,3-7H2,1-2H3,(H,31,33);5-6,9-17,20H,2-4,7-8H2,1H3,(H,30,32);6-15,19H,1-5H2,(H,31,33). The number of imidazole rings is 4. The highest BCUT2D eigenvalue weighted by atomic mass is 35.5. The first kappa shape index (κ1) is 95.3. The van der Waals surface area contributed by atoms with Crippen molar-refractivity contribution < 1.29 is 73.1 Å². The molecule has 0 spiro atoms. The maximum absolute atomic E-state index is 14.1. The van der Waals surface area contributed by atoms with Gasteiger partial charge in [-0.2, -0.15) is 0 Å². The van der Waals surface area contributed by atoms with Gasteiger partial charge in [0, 0.05) is 69.7 Å². The second kappa shape index (κ2) is 44.2. The van der Waals surface area contributed by atoms with Gasteiger partial charge in [0.15, 0.2) is 46.1 Å². The molecule has 0 aliphatic heterocycles. The largest absolute Gasteiger partial charge is 0.495 e. The van der Waals surface area contributed by atoms with Crippen LogP contribution in [0.3, 0.4) is 0 Å². The summed E-state index contributed by atoms with van der Waals surface area (Å²) in [7, 11) is 3.12. The molecule has 4 aliphatic rings. The number of hydrogen-bond acceptors (Lipinski definition) is 15. The lowest BCUT2D eigenvalue weighted by Crippen LogP contribution is -2.13. The molecule has 0 bridgehead atoms. The molecule has 20 rings (SSSR count). The number of methoxy groups -OCH3 is 2. The Kier molecular flexibility index (Phi) is 30.3. The molecule has 0 unspecified atom stereocenters. The number of nitrogens with one attached hydrogen (secondary N) is 5. The van der Waals surface area contributed by atoms with Gasteiger partial charge in [0.05, 0.1) is 79.4 Å². The van der Waals surface area contributed by atoms with Crippen LogP contribution in [-0.4, -0.2) is 82.0 Å². The maximum atomic E-state index is 14.1. The molecule has 712 valence electrons. The molecule has 0 radical (unpaired) electrons. The molecule has 5 amide bonds. The predicted octanol–water partition coefficient (Wildman–Crippen LogP) is 27.9. The summed E-state index contributed by atoms with van der Waals surface area (Å²) in [6, 6.07) is 63.3. The van der Waals surface area contributed by atoms with Crippen LogP contribution in [0.4, 0.5) is 50.4 Å². The summed E-state index contributed by atoms with van der Waals surface area (Å²) in [5, 5.41) is 14.0. The zero-order valence-corrected chi connectivity index (χ0v) is 77.8. The van der Waals surface area contributed by atoms with Crippen molar-refractivity contribution in [2.75, 3.05) is 40.8 Å². The molecular weight excluding hydrogens is 1800 g/mol. The van der Waals surface area contributed by atoms with E-state index in [-0.39, 0.29) is 86.7 Å². The summed E-state index contributed by atoms with van der Waals surface area (Å²) in [4.78, 5) is 81.5. The molecule has 30 heteroatoms. The lowest BCUT2D eigenvalue weighted by molar-refractivity contribution is -0.114. The number of carbonyl (C=O) groups excluding carboxylic acids is 5. The van der Waals surface area contributed by atoms with Gasteiger partial charge in [-0.1, -0.05) is 107 Å². The summed E-state index contributed by atoms with van der Waals surface area (Å²) in [5.74, 6) is 0.0401. The molecule has 4 saturated carbocycles. The molecule has 4 fully saturated rings. The third kappa shape index (κ3) is 22.8. The summed E-state index contributed by atoms with van der Waals surface area (Å²) >= 11 is 5.78. The van der Waals surface area contributed by atoms with E-state index in [9.17, 15) is 45.9 Å². The van der Waals surface area contributed by atoms with E-state index in [1.807, 2.05) is 56.2 Å². The van der Waals surface area contributed by atoms with E-state index in [2.05, 4.69) is 64.8 Å². The molecule has 16 aromatic rings. The molecule has 24 nitrogen and oxygen atoms in total. The molecule has 8 aromatic heterocycles. The van der Waals surface area contributed by atoms with Crippen LogP contribution in [0.5, 0.6) is 11.5 Å². The number of amides is 5. The van der Waals surface area contributed by atoms with Gasteiger partial charge in [-0.05, 0) is 276 Å². The van der Waals surface area contributed by atoms with Crippen molar-refractivity contribution in [3.63, 3.8) is 0 Å². The van der Waals surface area contributed by atoms with Gasteiger partial charge >= 0.3 is 0 Å². The van der Waals surface area contributed by atoms with E-state index in [1.165, 1.54) is 106 Å². The van der Waals surface area contributed by atoms with E-state index in [4.69, 9.17) is 38.7 Å². The van der Waals surface area contributed by atoms with Crippen molar-refractivity contribution >= 4 is 69.6 Å². The highest BCUT2D eigenvalue weighted by molar-refractivity contribution is 6.30. The minimum atomic E-state index is -0.637. The topological polar surface area (TPSA) is 288 Å². The highest BCUT2D eigenvalue weighted by Gasteiger charge is 2.32. The zero-order chi connectivity index (χ0) is 96.6. The van der Waals surface area contributed by atoms with Crippen LogP contribution >= 0.6 is 11.6 Å². The van der Waals surface area contributed by atoms with Crippen molar-refractivity contribution in [2.45, 2.75) is 166 Å². The van der Waals surface area contributed by atoms with Crippen LogP contribution in [0, 0.1) is 36.0 Å². The average molecular weight is 1900 g/mol. The lowest BCUT2D eigenvalue weighted by Gasteiger charge is -2.24. The Morgan fingerprint density at radius 2 is 0.633 bits per heavy atom. The Hall–Kier alpha value is -15.4. The number of rotatable bonds is 23. The number of aryl methyl sites for hydroxylation is 1. The van der Waals surface area contributed by atoms with Crippen molar-refractivity contribution in [2.24, 2.45) is 0 Å². The molecule has 139 heavy (non-hydrogen) atoms. The number of aromatic nitrogens is 8. The summed E-state index contributed by atoms with van der Waals surface area (Å²) in [6.45, 7) is 3.38. The number of nitrogens with zero attached hydrogens (tertiary/aromatic N) is 8. The lowest BCUT2D eigenvalue weighted by atomic mass is 9.95. The van der Waals surface area contributed by atoms with Crippen LogP contribution in [0.1, 0.15) is 207 Å². The smallest absolute Gasteiger partial charge is 0.291 e. The second-order valence-corrected chi connectivity index (χ2v) is 35.3. The third-order valence-electron chi connectivity index (χ3n) is 25.4. The number of ether oxygens (including phenoxy) is 2. The van der Waals surface area contributed by atoms with Gasteiger partial charge < -0.3 is 72.0 Å². The Balaban J connectivity index is 0.000000128. The van der Waals surface area contributed by atoms with Crippen molar-refractivity contribution in [3.05, 3.63) is 319 Å². The molecule has 8 aromatic carbocycles. The number of furan rings is 4. The average Bonchev–Trinajstić information content (AvgIpc) is 1.64. The molecular formula is C109H103ClF5N13O11. The fraction of sp³-hybridized carbons (Fsp3) is 0.257. The molecule has 4 aliphatic carbocycles.